The normalized spacial score (nSPS) is 14.6. The van der Waals surface area contributed by atoms with Gasteiger partial charge in [0.25, 0.3) is 0 Å². The fourth-order valence-corrected chi connectivity index (χ4v) is 18.8. The molecule has 106 heavy (non-hydrogen) atoms. The van der Waals surface area contributed by atoms with Gasteiger partial charge in [-0.1, -0.05) is 382 Å². The van der Waals surface area contributed by atoms with E-state index in [-0.39, 0.29) is 0 Å². The van der Waals surface area contributed by atoms with Gasteiger partial charge in [-0.2, -0.15) is 0 Å². The third-order valence-electron chi connectivity index (χ3n) is 23.3. The van der Waals surface area contributed by atoms with Gasteiger partial charge in [-0.05, 0) is 141 Å². The Bertz CT molecular complexity index is 6310. The number of nitrogens with zero attached hydrogens (tertiary/aromatic N) is 3. The van der Waals surface area contributed by atoms with Crippen LogP contribution in [0.5, 0.6) is 0 Å². The molecular formula is C103H67N3. The van der Waals surface area contributed by atoms with E-state index in [1.54, 1.807) is 0 Å². The molecule has 0 spiro atoms. The molecular weight excluding hydrogens is 1280 g/mol. The standard InChI is InChI=1S/C103H67N3/c1-6-28-68(29-7-1)70-50-56-75(57-51-70)101(89-44-22-16-38-82(89)83-39-17-23-45-90(83)101)78-64-79(102(91-46-24-18-40-84(91)85-41-19-25-47-92(85)102)76-60-54-74(55-61-76)100-104-95(72-32-10-3-11-33-72)67-96(105-100)73-34-12-4-13-35-73)66-80(65-78)103(77-58-52-71(53-59-77)69-30-8-2-9-31-69)93-48-26-20-43-88(93)98-94(103)63-62-87-86-42-21-27-49-97(86)106(99(87)98)81-36-14-5-15-37-81/h1-67H. The highest BCUT2D eigenvalue weighted by atomic mass is 15.0. The van der Waals surface area contributed by atoms with E-state index in [1.807, 2.05) is 0 Å². The molecule has 21 rings (SSSR count). The SMILES string of the molecule is c1ccc(-c2ccc(C3(c4cc(C5(c6ccc(-c7nc(-c8ccccc8)cc(-c8ccccc8)n7)cc6)c6ccccc6-c6ccccc65)cc(C5(c6ccc(-c7ccccc7)cc6)c6ccccc6-c6c5ccc5c7ccccc7n(-c7ccccc7)c65)c4)c4ccccc4-c4ccccc43)cc2)cc1. The minimum absolute atomic E-state index is 0.662. The number of aromatic nitrogens is 3. The van der Waals surface area contributed by atoms with Crippen molar-refractivity contribution in [3.05, 3.63) is 473 Å². The highest BCUT2D eigenvalue weighted by Crippen LogP contribution is 2.64. The van der Waals surface area contributed by atoms with Gasteiger partial charge in [0, 0.05) is 38.7 Å². The summed E-state index contributed by atoms with van der Waals surface area (Å²) < 4.78 is 2.54. The summed E-state index contributed by atoms with van der Waals surface area (Å²) in [5.41, 5.74) is 31.8. The van der Waals surface area contributed by atoms with E-state index >= 15 is 0 Å². The monoisotopic (exact) mass is 1350 g/mol. The largest absolute Gasteiger partial charge is 0.309 e. The van der Waals surface area contributed by atoms with Crippen LogP contribution < -0.4 is 0 Å². The smallest absolute Gasteiger partial charge is 0.160 e. The van der Waals surface area contributed by atoms with Gasteiger partial charge in [0.05, 0.1) is 38.7 Å². The summed E-state index contributed by atoms with van der Waals surface area (Å²) in [5.74, 6) is 0.662. The van der Waals surface area contributed by atoms with Crippen LogP contribution in [0.4, 0.5) is 0 Å². The molecule has 1 atom stereocenters. The molecule has 0 N–H and O–H groups in total. The van der Waals surface area contributed by atoms with Crippen LogP contribution in [0.3, 0.4) is 0 Å². The first kappa shape index (κ1) is 61.1. The zero-order chi connectivity index (χ0) is 69.9. The predicted molar refractivity (Wildman–Crippen MR) is 435 cm³/mol. The van der Waals surface area contributed by atoms with E-state index in [1.165, 1.54) is 128 Å². The average molecular weight is 1350 g/mol. The number of hydrogen-bond donors (Lipinski definition) is 0. The van der Waals surface area contributed by atoms with Crippen molar-refractivity contribution in [1.82, 2.24) is 14.5 Å². The van der Waals surface area contributed by atoms with Crippen LogP contribution in [0.2, 0.25) is 0 Å². The molecule has 0 aliphatic heterocycles. The molecule has 0 saturated carbocycles. The molecule has 0 radical (unpaired) electrons. The Labute approximate surface area is 617 Å². The van der Waals surface area contributed by atoms with Gasteiger partial charge in [0.15, 0.2) is 5.82 Å². The van der Waals surface area contributed by atoms with Crippen molar-refractivity contribution in [1.29, 1.82) is 0 Å². The van der Waals surface area contributed by atoms with Crippen LogP contribution >= 0.6 is 0 Å². The van der Waals surface area contributed by atoms with Gasteiger partial charge in [-0.15, -0.1) is 0 Å². The Hall–Kier alpha value is -13.6. The summed E-state index contributed by atoms with van der Waals surface area (Å²) in [4.78, 5) is 10.8. The molecule has 0 saturated heterocycles. The molecule has 0 fully saturated rings. The van der Waals surface area contributed by atoms with Crippen LogP contribution in [0.1, 0.15) is 66.8 Å². The lowest BCUT2D eigenvalue weighted by atomic mass is 9.60. The van der Waals surface area contributed by atoms with Crippen molar-refractivity contribution in [3.8, 4) is 95.2 Å². The second-order valence-electron chi connectivity index (χ2n) is 28.5. The number of benzene rings is 16. The summed E-state index contributed by atoms with van der Waals surface area (Å²) in [6.45, 7) is 0. The third kappa shape index (κ3) is 9.00. The number of fused-ring (bicyclic) bond motifs is 13. The van der Waals surface area contributed by atoms with Gasteiger partial charge >= 0.3 is 0 Å². The molecule has 16 aromatic carbocycles. The third-order valence-corrected chi connectivity index (χ3v) is 23.3. The molecule has 3 aliphatic rings. The highest BCUT2D eigenvalue weighted by molar-refractivity contribution is 6.16. The van der Waals surface area contributed by atoms with Crippen molar-refractivity contribution < 1.29 is 0 Å². The topological polar surface area (TPSA) is 30.7 Å². The molecule has 2 aromatic heterocycles. The minimum atomic E-state index is -0.950. The summed E-state index contributed by atoms with van der Waals surface area (Å²) in [6.07, 6.45) is 0. The molecule has 3 heteroatoms. The molecule has 0 amide bonds. The summed E-state index contributed by atoms with van der Waals surface area (Å²) in [7, 11) is 0. The van der Waals surface area contributed by atoms with Crippen LogP contribution in [-0.2, 0) is 16.2 Å². The first-order valence-corrected chi connectivity index (χ1v) is 36.8. The van der Waals surface area contributed by atoms with Gasteiger partial charge in [0.1, 0.15) is 0 Å². The maximum absolute atomic E-state index is 5.42. The van der Waals surface area contributed by atoms with Crippen molar-refractivity contribution in [3.63, 3.8) is 0 Å². The van der Waals surface area contributed by atoms with Gasteiger partial charge < -0.3 is 4.57 Å². The van der Waals surface area contributed by atoms with E-state index < -0.39 is 16.2 Å². The molecule has 18 aromatic rings. The maximum Gasteiger partial charge on any atom is 0.160 e. The number of para-hydroxylation sites is 2. The van der Waals surface area contributed by atoms with Crippen molar-refractivity contribution in [2.45, 2.75) is 16.2 Å². The molecule has 1 unspecified atom stereocenters. The van der Waals surface area contributed by atoms with Gasteiger partial charge in [-0.3, -0.25) is 0 Å². The summed E-state index contributed by atoms with van der Waals surface area (Å²) in [6, 6.07) is 152. The number of hydrogen-bond acceptors (Lipinski definition) is 2. The van der Waals surface area contributed by atoms with Crippen LogP contribution in [0.15, 0.2) is 406 Å². The maximum atomic E-state index is 5.42. The number of rotatable bonds is 12. The fourth-order valence-electron chi connectivity index (χ4n) is 18.8. The van der Waals surface area contributed by atoms with E-state index in [0.717, 1.165) is 50.5 Å². The Kier molecular flexibility index (Phi) is 14.0. The minimum Gasteiger partial charge on any atom is -0.309 e. The quantitative estimate of drug-likeness (QED) is 0.122. The molecule has 494 valence electrons. The van der Waals surface area contributed by atoms with E-state index in [9.17, 15) is 0 Å². The average Bonchev–Trinajstić information content (AvgIpc) is 1.51. The summed E-state index contributed by atoms with van der Waals surface area (Å²) in [5, 5.41) is 2.43. The second-order valence-corrected chi connectivity index (χ2v) is 28.5. The van der Waals surface area contributed by atoms with Crippen molar-refractivity contribution >= 4 is 21.8 Å². The Morgan fingerprint density at radius 3 is 0.953 bits per heavy atom. The zero-order valence-corrected chi connectivity index (χ0v) is 58.0. The van der Waals surface area contributed by atoms with E-state index in [0.29, 0.717) is 5.82 Å². The molecule has 0 bridgehead atoms. The van der Waals surface area contributed by atoms with Crippen LogP contribution in [0, 0.1) is 0 Å². The van der Waals surface area contributed by atoms with Gasteiger partial charge in [0.2, 0.25) is 0 Å². The molecule has 3 nitrogen and oxygen atoms in total. The van der Waals surface area contributed by atoms with E-state index in [4.69, 9.17) is 9.97 Å². The van der Waals surface area contributed by atoms with E-state index in [2.05, 4.69) is 411 Å². The second kappa shape index (κ2) is 24.3. The first-order valence-electron chi connectivity index (χ1n) is 36.8. The Morgan fingerprint density at radius 1 is 0.208 bits per heavy atom. The predicted octanol–water partition coefficient (Wildman–Crippen LogP) is 25.0. The zero-order valence-electron chi connectivity index (χ0n) is 58.0. The Morgan fingerprint density at radius 2 is 0.528 bits per heavy atom. The highest BCUT2D eigenvalue weighted by Gasteiger charge is 2.54. The first-order chi connectivity index (χ1) is 52.6. The van der Waals surface area contributed by atoms with Crippen molar-refractivity contribution in [2.24, 2.45) is 0 Å². The lowest BCUT2D eigenvalue weighted by molar-refractivity contribution is 0.713. The molecule has 2 heterocycles. The fraction of sp³-hybridized carbons (Fsp3) is 0.0291. The van der Waals surface area contributed by atoms with Crippen LogP contribution in [0.25, 0.3) is 117 Å². The Balaban J connectivity index is 0.917. The van der Waals surface area contributed by atoms with Gasteiger partial charge in [-0.25, -0.2) is 9.97 Å². The lowest BCUT2D eigenvalue weighted by Crippen LogP contribution is -2.35. The van der Waals surface area contributed by atoms with Crippen LogP contribution in [-0.4, -0.2) is 14.5 Å². The lowest BCUT2D eigenvalue weighted by Gasteiger charge is -2.41. The molecule has 3 aliphatic carbocycles. The van der Waals surface area contributed by atoms with Crippen molar-refractivity contribution in [2.75, 3.05) is 0 Å². The summed E-state index contributed by atoms with van der Waals surface area (Å²) >= 11 is 0.